The fourth-order valence-corrected chi connectivity index (χ4v) is 3.96. The molecular formula is C30H24O9. The van der Waals surface area contributed by atoms with Gasteiger partial charge in [0.15, 0.2) is 11.3 Å². The van der Waals surface area contributed by atoms with Crippen molar-refractivity contribution >= 4 is 33.9 Å². The van der Waals surface area contributed by atoms with E-state index in [0.29, 0.717) is 34.6 Å². The summed E-state index contributed by atoms with van der Waals surface area (Å²) in [6.45, 7) is 3.84. The molecule has 0 atom stereocenters. The maximum Gasteiger partial charge on any atom is 0.379 e. The van der Waals surface area contributed by atoms with Gasteiger partial charge in [0.25, 0.3) is 0 Å². The molecule has 0 amide bonds. The first-order chi connectivity index (χ1) is 18.9. The van der Waals surface area contributed by atoms with Gasteiger partial charge in [0, 0.05) is 11.5 Å². The average Bonchev–Trinajstić information content (AvgIpc) is 3.39. The van der Waals surface area contributed by atoms with Crippen LogP contribution >= 0.6 is 0 Å². The third kappa shape index (κ3) is 5.19. The average molecular weight is 529 g/mol. The number of esters is 2. The molecule has 0 saturated carbocycles. The van der Waals surface area contributed by atoms with Crippen LogP contribution in [0.5, 0.6) is 23.0 Å². The van der Waals surface area contributed by atoms with Gasteiger partial charge in [0.2, 0.25) is 16.9 Å². The lowest BCUT2D eigenvalue weighted by atomic mass is 10.2. The van der Waals surface area contributed by atoms with E-state index in [4.69, 9.17) is 27.8 Å². The lowest BCUT2D eigenvalue weighted by molar-refractivity contribution is 0.0504. The van der Waals surface area contributed by atoms with Gasteiger partial charge in [-0.25, -0.2) is 9.59 Å². The van der Waals surface area contributed by atoms with Crippen LogP contribution in [0.2, 0.25) is 0 Å². The van der Waals surface area contributed by atoms with E-state index in [2.05, 4.69) is 0 Å². The molecule has 2 aromatic heterocycles. The fourth-order valence-electron chi connectivity index (χ4n) is 3.96. The van der Waals surface area contributed by atoms with Gasteiger partial charge in [-0.2, -0.15) is 0 Å². The first kappa shape index (κ1) is 25.6. The highest BCUT2D eigenvalue weighted by Crippen LogP contribution is 2.30. The number of rotatable bonds is 8. The van der Waals surface area contributed by atoms with E-state index in [1.54, 1.807) is 55.5 Å². The Morgan fingerprint density at radius 2 is 1.67 bits per heavy atom. The van der Waals surface area contributed by atoms with Crippen LogP contribution in [0.25, 0.3) is 21.9 Å². The van der Waals surface area contributed by atoms with Gasteiger partial charge in [-0.1, -0.05) is 19.1 Å². The van der Waals surface area contributed by atoms with Crippen molar-refractivity contribution in [1.29, 1.82) is 0 Å². The Labute approximate surface area is 222 Å². The molecule has 0 aliphatic heterocycles. The van der Waals surface area contributed by atoms with Gasteiger partial charge in [-0.15, -0.1) is 0 Å². The van der Waals surface area contributed by atoms with Gasteiger partial charge < -0.3 is 27.8 Å². The highest BCUT2D eigenvalue weighted by Gasteiger charge is 2.19. The third-order valence-corrected chi connectivity index (χ3v) is 5.87. The van der Waals surface area contributed by atoms with E-state index in [0.717, 1.165) is 6.42 Å². The maximum absolute atomic E-state index is 13.2. The number of hydrogen-bond acceptors (Lipinski definition) is 9. The Morgan fingerprint density at radius 1 is 0.897 bits per heavy atom. The van der Waals surface area contributed by atoms with Crippen LogP contribution in [0.3, 0.4) is 0 Å². The molecule has 9 nitrogen and oxygen atoms in total. The predicted octanol–water partition coefficient (Wildman–Crippen LogP) is 6.43. The Hall–Kier alpha value is -5.05. The first-order valence-corrected chi connectivity index (χ1v) is 12.2. The van der Waals surface area contributed by atoms with Crippen LogP contribution in [0.15, 0.2) is 80.4 Å². The summed E-state index contributed by atoms with van der Waals surface area (Å²) < 4.78 is 33.1. The number of carbonyl (C=O) groups excluding carboxylic acids is 2. The summed E-state index contributed by atoms with van der Waals surface area (Å²) in [5, 5.41) is 0.934. The minimum absolute atomic E-state index is 0.000577. The molecule has 5 rings (SSSR count). The van der Waals surface area contributed by atoms with Crippen LogP contribution < -0.4 is 19.6 Å². The van der Waals surface area contributed by atoms with Crippen molar-refractivity contribution in [3.63, 3.8) is 0 Å². The monoisotopic (exact) mass is 528 g/mol. The third-order valence-electron chi connectivity index (χ3n) is 5.87. The van der Waals surface area contributed by atoms with Crippen molar-refractivity contribution in [3.8, 4) is 23.0 Å². The van der Waals surface area contributed by atoms with Gasteiger partial charge in [-0.3, -0.25) is 4.79 Å². The highest BCUT2D eigenvalue weighted by molar-refractivity contribution is 5.95. The second-order valence-electron chi connectivity index (χ2n) is 8.62. The Bertz CT molecular complexity index is 1740. The maximum atomic E-state index is 13.2. The molecule has 2 heterocycles. The van der Waals surface area contributed by atoms with E-state index in [1.165, 1.54) is 25.3 Å². The SMILES string of the molecule is CCCOC(=O)c1ccc(Oc2c(C)oc3cc(OC(=O)c4cc5cccc(OC)c5o4)ccc3c2=O)cc1. The number of furan rings is 1. The number of ether oxygens (including phenoxy) is 4. The van der Waals surface area contributed by atoms with Crippen molar-refractivity contribution in [3.05, 3.63) is 94.0 Å². The van der Waals surface area contributed by atoms with Crippen LogP contribution in [0, 0.1) is 6.92 Å². The van der Waals surface area contributed by atoms with Crippen molar-refractivity contribution in [2.24, 2.45) is 0 Å². The Kier molecular flexibility index (Phi) is 7.05. The number of para-hydroxylation sites is 1. The summed E-state index contributed by atoms with van der Waals surface area (Å²) in [6, 6.07) is 17.6. The lowest BCUT2D eigenvalue weighted by Crippen LogP contribution is -2.09. The van der Waals surface area contributed by atoms with E-state index >= 15 is 0 Å². The van der Waals surface area contributed by atoms with E-state index in [-0.39, 0.29) is 34.0 Å². The van der Waals surface area contributed by atoms with Crippen LogP contribution in [-0.2, 0) is 4.74 Å². The molecule has 0 unspecified atom stereocenters. The topological polar surface area (TPSA) is 114 Å². The lowest BCUT2D eigenvalue weighted by Gasteiger charge is -2.10. The smallest absolute Gasteiger partial charge is 0.379 e. The van der Waals surface area contributed by atoms with E-state index in [1.807, 2.05) is 6.92 Å². The summed E-state index contributed by atoms with van der Waals surface area (Å²) in [6.07, 6.45) is 0.727. The van der Waals surface area contributed by atoms with Crippen LogP contribution in [0.1, 0.15) is 40.0 Å². The minimum Gasteiger partial charge on any atom is -0.493 e. The molecule has 0 saturated heterocycles. The number of fused-ring (bicyclic) bond motifs is 2. The molecule has 0 aliphatic carbocycles. The second kappa shape index (κ2) is 10.7. The highest BCUT2D eigenvalue weighted by atomic mass is 16.6. The molecular weight excluding hydrogens is 504 g/mol. The molecule has 9 heteroatoms. The molecule has 0 radical (unpaired) electrons. The number of carbonyl (C=O) groups is 2. The largest absolute Gasteiger partial charge is 0.493 e. The Balaban J connectivity index is 1.36. The van der Waals surface area contributed by atoms with Crippen molar-refractivity contribution in [2.45, 2.75) is 20.3 Å². The number of methoxy groups -OCH3 is 1. The quantitative estimate of drug-likeness (QED) is 0.166. The molecule has 0 aliphatic rings. The van der Waals surface area contributed by atoms with Crippen molar-refractivity contribution in [2.75, 3.05) is 13.7 Å². The van der Waals surface area contributed by atoms with E-state index in [9.17, 15) is 14.4 Å². The molecule has 3 aromatic carbocycles. The first-order valence-electron chi connectivity index (χ1n) is 12.2. The summed E-state index contributed by atoms with van der Waals surface area (Å²) in [7, 11) is 1.51. The Morgan fingerprint density at radius 3 is 2.41 bits per heavy atom. The van der Waals surface area contributed by atoms with Gasteiger partial charge in [0.1, 0.15) is 22.8 Å². The number of benzene rings is 3. The fraction of sp³-hybridized carbons (Fsp3) is 0.167. The summed E-state index contributed by atoms with van der Waals surface area (Å²) in [5.74, 6) is 0.108. The number of hydrogen-bond donors (Lipinski definition) is 0. The second-order valence-corrected chi connectivity index (χ2v) is 8.62. The summed E-state index contributed by atoms with van der Waals surface area (Å²) in [5.41, 5.74) is 0.630. The van der Waals surface area contributed by atoms with Gasteiger partial charge >= 0.3 is 11.9 Å². The van der Waals surface area contributed by atoms with Gasteiger partial charge in [0.05, 0.1) is 24.7 Å². The van der Waals surface area contributed by atoms with Crippen molar-refractivity contribution < 1.29 is 37.4 Å². The summed E-state index contributed by atoms with van der Waals surface area (Å²) >= 11 is 0. The normalized spacial score (nSPS) is 10.9. The van der Waals surface area contributed by atoms with E-state index < -0.39 is 17.4 Å². The van der Waals surface area contributed by atoms with Gasteiger partial charge in [-0.05, 0) is 61.9 Å². The molecule has 5 aromatic rings. The van der Waals surface area contributed by atoms with Crippen molar-refractivity contribution in [1.82, 2.24) is 0 Å². The standard InChI is InChI=1S/C30H24O9/c1-4-14-35-29(32)18-8-10-20(11-9-18)37-27-17(2)36-24-16-21(12-13-22(24)26(27)31)38-30(33)25-15-19-6-5-7-23(34-3)28(19)39-25/h5-13,15-16H,4,14H2,1-3H3. The van der Waals surface area contributed by atoms with Crippen LogP contribution in [0.4, 0.5) is 0 Å². The zero-order chi connectivity index (χ0) is 27.5. The number of aryl methyl sites for hydroxylation is 1. The summed E-state index contributed by atoms with van der Waals surface area (Å²) in [4.78, 5) is 37.9. The zero-order valence-electron chi connectivity index (χ0n) is 21.4. The minimum atomic E-state index is -0.714. The predicted molar refractivity (Wildman–Crippen MR) is 142 cm³/mol. The molecule has 0 spiro atoms. The molecule has 198 valence electrons. The molecule has 0 fully saturated rings. The zero-order valence-corrected chi connectivity index (χ0v) is 21.4. The molecule has 0 bridgehead atoms. The molecule has 39 heavy (non-hydrogen) atoms. The molecule has 0 N–H and O–H groups in total. The van der Waals surface area contributed by atoms with Crippen LogP contribution in [-0.4, -0.2) is 25.7 Å².